The van der Waals surface area contributed by atoms with Crippen molar-refractivity contribution >= 4 is 17.9 Å². The number of hydrogen-bond donors (Lipinski definition) is 2. The highest BCUT2D eigenvalue weighted by atomic mass is 16.2. The molecule has 0 aromatic carbocycles. The number of imide groups is 1. The molecule has 19 heavy (non-hydrogen) atoms. The summed E-state index contributed by atoms with van der Waals surface area (Å²) in [6, 6.07) is -0.422. The van der Waals surface area contributed by atoms with Crippen LogP contribution in [0.5, 0.6) is 0 Å². The summed E-state index contributed by atoms with van der Waals surface area (Å²) in [4.78, 5) is 33.6. The molecule has 0 saturated carbocycles. The molecule has 7 heteroatoms. The summed E-state index contributed by atoms with van der Waals surface area (Å²) < 4.78 is 0. The van der Waals surface area contributed by atoms with Gasteiger partial charge in [0.1, 0.15) is 5.54 Å². The van der Waals surface area contributed by atoms with E-state index in [4.69, 9.17) is 0 Å². The molecule has 2 aliphatic heterocycles. The molecule has 1 spiro atoms. The lowest BCUT2D eigenvalue weighted by atomic mass is 10.00. The summed E-state index contributed by atoms with van der Waals surface area (Å²) in [6.07, 6.45) is 5.05. The SMILES string of the molecule is CCc1cnc(N2CCC3(C2)NC(=O)NC3=O)nc1. The van der Waals surface area contributed by atoms with Crippen molar-refractivity contribution < 1.29 is 9.59 Å². The number of carbonyl (C=O) groups is 2. The zero-order valence-corrected chi connectivity index (χ0v) is 10.6. The van der Waals surface area contributed by atoms with Gasteiger partial charge in [0.15, 0.2) is 0 Å². The summed E-state index contributed by atoms with van der Waals surface area (Å²) >= 11 is 0. The average molecular weight is 261 g/mol. The first-order valence-electron chi connectivity index (χ1n) is 6.32. The maximum atomic E-state index is 11.8. The molecule has 0 bridgehead atoms. The van der Waals surface area contributed by atoms with Gasteiger partial charge in [-0.2, -0.15) is 0 Å². The van der Waals surface area contributed by atoms with Crippen LogP contribution in [0.4, 0.5) is 10.7 Å². The Morgan fingerprint density at radius 1 is 1.37 bits per heavy atom. The van der Waals surface area contributed by atoms with E-state index in [-0.39, 0.29) is 5.91 Å². The van der Waals surface area contributed by atoms with Crippen LogP contribution >= 0.6 is 0 Å². The van der Waals surface area contributed by atoms with E-state index < -0.39 is 11.6 Å². The number of nitrogens with one attached hydrogen (secondary N) is 2. The first-order valence-corrected chi connectivity index (χ1v) is 6.32. The van der Waals surface area contributed by atoms with Crippen LogP contribution in [0.2, 0.25) is 0 Å². The molecular weight excluding hydrogens is 246 g/mol. The average Bonchev–Trinajstić information content (AvgIpc) is 2.95. The Labute approximate surface area is 110 Å². The van der Waals surface area contributed by atoms with Gasteiger partial charge in [-0.1, -0.05) is 6.92 Å². The minimum atomic E-state index is -0.816. The molecule has 2 aliphatic rings. The Bertz CT molecular complexity index is 529. The predicted octanol–water partition coefficient (Wildman–Crippen LogP) is -0.173. The van der Waals surface area contributed by atoms with Gasteiger partial charge >= 0.3 is 6.03 Å². The Morgan fingerprint density at radius 2 is 2.11 bits per heavy atom. The maximum Gasteiger partial charge on any atom is 0.322 e. The van der Waals surface area contributed by atoms with Gasteiger partial charge in [0, 0.05) is 18.9 Å². The number of nitrogens with zero attached hydrogens (tertiary/aromatic N) is 3. The molecule has 1 atom stereocenters. The van der Waals surface area contributed by atoms with Gasteiger partial charge in [0.2, 0.25) is 5.95 Å². The van der Waals surface area contributed by atoms with Gasteiger partial charge in [-0.25, -0.2) is 14.8 Å². The zero-order valence-electron chi connectivity index (χ0n) is 10.6. The van der Waals surface area contributed by atoms with Crippen LogP contribution in [-0.4, -0.2) is 40.5 Å². The molecule has 0 aliphatic carbocycles. The van der Waals surface area contributed by atoms with Gasteiger partial charge < -0.3 is 10.2 Å². The van der Waals surface area contributed by atoms with Crippen molar-refractivity contribution in [1.29, 1.82) is 0 Å². The summed E-state index contributed by atoms with van der Waals surface area (Å²) in [5, 5.41) is 4.99. The highest BCUT2D eigenvalue weighted by molar-refractivity contribution is 6.07. The van der Waals surface area contributed by atoms with Crippen LogP contribution in [0.3, 0.4) is 0 Å². The molecular formula is C12H15N5O2. The molecule has 1 unspecified atom stereocenters. The van der Waals surface area contributed by atoms with Gasteiger partial charge in [-0.15, -0.1) is 0 Å². The topological polar surface area (TPSA) is 87.2 Å². The van der Waals surface area contributed by atoms with Crippen LogP contribution in [0.25, 0.3) is 0 Å². The molecule has 3 rings (SSSR count). The molecule has 3 heterocycles. The van der Waals surface area contributed by atoms with Crippen LogP contribution in [0, 0.1) is 0 Å². The molecule has 3 amide bonds. The van der Waals surface area contributed by atoms with E-state index in [2.05, 4.69) is 20.6 Å². The van der Waals surface area contributed by atoms with E-state index in [1.165, 1.54) is 0 Å². The fraction of sp³-hybridized carbons (Fsp3) is 0.500. The fourth-order valence-electron chi connectivity index (χ4n) is 2.49. The second-order valence-corrected chi connectivity index (χ2v) is 4.91. The molecule has 2 N–H and O–H groups in total. The minimum absolute atomic E-state index is 0.259. The third-order valence-corrected chi connectivity index (χ3v) is 3.67. The molecule has 0 radical (unpaired) electrons. The number of aromatic nitrogens is 2. The first-order chi connectivity index (χ1) is 9.13. The van der Waals surface area contributed by atoms with Gasteiger partial charge in [0.05, 0.1) is 6.54 Å². The number of anilines is 1. The Morgan fingerprint density at radius 3 is 2.68 bits per heavy atom. The third kappa shape index (κ3) is 1.91. The zero-order chi connectivity index (χ0) is 13.5. The second-order valence-electron chi connectivity index (χ2n) is 4.91. The number of aryl methyl sites for hydroxylation is 1. The monoisotopic (exact) mass is 261 g/mol. The van der Waals surface area contributed by atoms with Crippen LogP contribution in [0.15, 0.2) is 12.4 Å². The molecule has 1 aromatic heterocycles. The van der Waals surface area contributed by atoms with Crippen molar-refractivity contribution in [3.63, 3.8) is 0 Å². The Balaban J connectivity index is 1.78. The van der Waals surface area contributed by atoms with Crippen LogP contribution < -0.4 is 15.5 Å². The highest BCUT2D eigenvalue weighted by Gasteiger charge is 2.51. The predicted molar refractivity (Wildman–Crippen MR) is 67.6 cm³/mol. The van der Waals surface area contributed by atoms with E-state index in [0.717, 1.165) is 12.0 Å². The lowest BCUT2D eigenvalue weighted by Crippen LogP contribution is -2.49. The molecule has 1 aromatic rings. The number of urea groups is 1. The Kier molecular flexibility index (Phi) is 2.62. The molecule has 100 valence electrons. The fourth-order valence-corrected chi connectivity index (χ4v) is 2.49. The summed E-state index contributed by atoms with van der Waals surface area (Å²) in [5.74, 6) is 0.341. The molecule has 2 saturated heterocycles. The van der Waals surface area contributed by atoms with Gasteiger partial charge in [-0.05, 0) is 18.4 Å². The number of hydrogen-bond acceptors (Lipinski definition) is 5. The Hall–Kier alpha value is -2.18. The van der Waals surface area contributed by atoms with Gasteiger partial charge in [-0.3, -0.25) is 10.1 Å². The normalized spacial score (nSPS) is 25.8. The summed E-state index contributed by atoms with van der Waals surface area (Å²) in [6.45, 7) is 3.11. The quantitative estimate of drug-likeness (QED) is 0.722. The van der Waals surface area contributed by atoms with Crippen molar-refractivity contribution in [3.05, 3.63) is 18.0 Å². The van der Waals surface area contributed by atoms with E-state index in [0.29, 0.717) is 25.5 Å². The number of carbonyl (C=O) groups excluding carboxylic acids is 2. The van der Waals surface area contributed by atoms with Crippen molar-refractivity contribution in [1.82, 2.24) is 20.6 Å². The maximum absolute atomic E-state index is 11.8. The van der Waals surface area contributed by atoms with Crippen molar-refractivity contribution in [2.75, 3.05) is 18.0 Å². The first kappa shape index (κ1) is 11.9. The second kappa shape index (κ2) is 4.18. The highest BCUT2D eigenvalue weighted by Crippen LogP contribution is 2.26. The van der Waals surface area contributed by atoms with Crippen LogP contribution in [0.1, 0.15) is 18.9 Å². The van der Waals surface area contributed by atoms with Crippen LogP contribution in [-0.2, 0) is 11.2 Å². The van der Waals surface area contributed by atoms with Crippen molar-refractivity contribution in [2.24, 2.45) is 0 Å². The molecule has 7 nitrogen and oxygen atoms in total. The van der Waals surface area contributed by atoms with Crippen molar-refractivity contribution in [3.8, 4) is 0 Å². The molecule has 2 fully saturated rings. The van der Waals surface area contributed by atoms with E-state index in [1.54, 1.807) is 12.4 Å². The van der Waals surface area contributed by atoms with Crippen molar-refractivity contribution in [2.45, 2.75) is 25.3 Å². The lowest BCUT2D eigenvalue weighted by molar-refractivity contribution is -0.123. The minimum Gasteiger partial charge on any atom is -0.338 e. The summed E-state index contributed by atoms with van der Waals surface area (Å²) in [7, 11) is 0. The standard InChI is InChI=1S/C12H15N5O2/c1-2-8-5-13-10(14-6-8)17-4-3-12(7-17)9(18)15-11(19)16-12/h5-6H,2-4,7H2,1H3,(H2,15,16,18,19). The number of rotatable bonds is 2. The van der Waals surface area contributed by atoms with E-state index in [1.807, 2.05) is 11.8 Å². The van der Waals surface area contributed by atoms with E-state index in [9.17, 15) is 9.59 Å². The number of amides is 3. The van der Waals surface area contributed by atoms with E-state index >= 15 is 0 Å². The summed E-state index contributed by atoms with van der Waals surface area (Å²) in [5.41, 5.74) is 0.258. The smallest absolute Gasteiger partial charge is 0.322 e. The van der Waals surface area contributed by atoms with Gasteiger partial charge in [0.25, 0.3) is 5.91 Å². The lowest BCUT2D eigenvalue weighted by Gasteiger charge is -2.20. The third-order valence-electron chi connectivity index (χ3n) is 3.67. The largest absolute Gasteiger partial charge is 0.338 e.